The maximum Gasteiger partial charge on any atom is 0.336 e. The standard InChI is InChI=1S/C15H18N6O6S/c1-26-11-7-12(27-2)19-14(18-11)20-15(23)21-28(24,25)17-8-9-5-3-4-6-10(9)13(16)22/h3-7,17H,8H2,1-2H3,(H2,16,22)(H2,18,19,20,21,23). The zero-order valence-corrected chi connectivity index (χ0v) is 15.7. The number of nitrogens with zero attached hydrogens (tertiary/aromatic N) is 2. The number of rotatable bonds is 8. The zero-order valence-electron chi connectivity index (χ0n) is 14.9. The fourth-order valence-corrected chi connectivity index (χ4v) is 2.75. The molecular formula is C15H18N6O6S. The van der Waals surface area contributed by atoms with Gasteiger partial charge in [0, 0.05) is 12.1 Å². The lowest BCUT2D eigenvalue weighted by Gasteiger charge is -2.11. The summed E-state index contributed by atoms with van der Waals surface area (Å²) in [7, 11) is -1.55. The molecule has 2 aromatic rings. The molecule has 0 saturated carbocycles. The SMILES string of the molecule is COc1cc(OC)nc(NC(=O)NS(=O)(=O)NCc2ccccc2C(N)=O)n1. The number of primary amides is 1. The smallest absolute Gasteiger partial charge is 0.336 e. The highest BCUT2D eigenvalue weighted by molar-refractivity contribution is 7.88. The van der Waals surface area contributed by atoms with E-state index in [4.69, 9.17) is 15.2 Å². The van der Waals surface area contributed by atoms with Gasteiger partial charge in [-0.3, -0.25) is 10.1 Å². The Kier molecular flexibility index (Phi) is 6.68. The topological polar surface area (TPSA) is 175 Å². The summed E-state index contributed by atoms with van der Waals surface area (Å²) in [6, 6.07) is 6.44. The van der Waals surface area contributed by atoms with E-state index in [1.54, 1.807) is 16.9 Å². The largest absolute Gasteiger partial charge is 0.481 e. The first kappa shape index (κ1) is 20.9. The third-order valence-corrected chi connectivity index (χ3v) is 4.26. The van der Waals surface area contributed by atoms with Crippen LogP contribution in [-0.2, 0) is 16.8 Å². The fourth-order valence-electron chi connectivity index (χ4n) is 2.04. The van der Waals surface area contributed by atoms with Crippen LogP contribution in [0.15, 0.2) is 30.3 Å². The van der Waals surface area contributed by atoms with Crippen LogP contribution in [0.25, 0.3) is 0 Å². The van der Waals surface area contributed by atoms with Crippen LogP contribution in [0.1, 0.15) is 15.9 Å². The van der Waals surface area contributed by atoms with Gasteiger partial charge in [-0.15, -0.1) is 0 Å². The summed E-state index contributed by atoms with van der Waals surface area (Å²) in [5, 5.41) is 2.15. The van der Waals surface area contributed by atoms with Crippen molar-refractivity contribution in [1.82, 2.24) is 19.4 Å². The van der Waals surface area contributed by atoms with Crippen LogP contribution in [0.5, 0.6) is 11.8 Å². The van der Waals surface area contributed by atoms with Gasteiger partial charge in [-0.2, -0.15) is 23.1 Å². The lowest BCUT2D eigenvalue weighted by molar-refractivity contribution is 0.0999. The molecule has 12 nitrogen and oxygen atoms in total. The molecule has 0 saturated heterocycles. The van der Waals surface area contributed by atoms with Crippen LogP contribution in [0, 0.1) is 0 Å². The molecule has 0 aliphatic carbocycles. The third kappa shape index (κ3) is 5.78. The molecule has 0 radical (unpaired) electrons. The minimum atomic E-state index is -4.26. The highest BCUT2D eigenvalue weighted by Gasteiger charge is 2.17. The van der Waals surface area contributed by atoms with Gasteiger partial charge in [0.1, 0.15) is 0 Å². The highest BCUT2D eigenvalue weighted by atomic mass is 32.2. The fraction of sp³-hybridized carbons (Fsp3) is 0.200. The second-order valence-electron chi connectivity index (χ2n) is 5.18. The van der Waals surface area contributed by atoms with Gasteiger partial charge in [-0.25, -0.2) is 9.52 Å². The van der Waals surface area contributed by atoms with Gasteiger partial charge >= 0.3 is 16.2 Å². The molecule has 3 amide bonds. The number of anilines is 1. The predicted octanol–water partition coefficient (Wildman–Crippen LogP) is -0.251. The summed E-state index contributed by atoms with van der Waals surface area (Å²) in [4.78, 5) is 31.0. The van der Waals surface area contributed by atoms with Gasteiger partial charge in [-0.05, 0) is 11.6 Å². The molecule has 0 unspecified atom stereocenters. The summed E-state index contributed by atoms with van der Waals surface area (Å²) in [6.07, 6.45) is 0. The average Bonchev–Trinajstić information content (AvgIpc) is 2.65. The minimum absolute atomic E-state index is 0.103. The summed E-state index contributed by atoms with van der Waals surface area (Å²) in [5.74, 6) is -0.732. The van der Waals surface area contributed by atoms with Crippen LogP contribution >= 0.6 is 0 Å². The van der Waals surface area contributed by atoms with E-state index in [1.165, 1.54) is 32.4 Å². The van der Waals surface area contributed by atoms with E-state index in [0.29, 0.717) is 5.56 Å². The molecule has 1 aromatic carbocycles. The Balaban J connectivity index is 2.02. The molecule has 0 atom stereocenters. The summed E-state index contributed by atoms with van der Waals surface area (Å²) in [6.45, 7) is -0.259. The monoisotopic (exact) mass is 410 g/mol. The van der Waals surface area contributed by atoms with Crippen molar-refractivity contribution < 1.29 is 27.5 Å². The van der Waals surface area contributed by atoms with E-state index in [2.05, 4.69) is 20.0 Å². The number of benzene rings is 1. The molecule has 0 fully saturated rings. The van der Waals surface area contributed by atoms with Gasteiger partial charge in [-0.1, -0.05) is 18.2 Å². The van der Waals surface area contributed by atoms with Crippen molar-refractivity contribution in [3.05, 3.63) is 41.5 Å². The Morgan fingerprint density at radius 3 is 2.29 bits per heavy atom. The normalized spacial score (nSPS) is 10.8. The van der Waals surface area contributed by atoms with Crippen molar-refractivity contribution in [2.75, 3.05) is 19.5 Å². The minimum Gasteiger partial charge on any atom is -0.481 e. The van der Waals surface area contributed by atoms with Crippen molar-refractivity contribution in [1.29, 1.82) is 0 Å². The van der Waals surface area contributed by atoms with Crippen LogP contribution in [-0.4, -0.2) is 44.5 Å². The number of amides is 3. The Bertz CT molecular complexity index is 958. The van der Waals surface area contributed by atoms with Crippen molar-refractivity contribution in [2.45, 2.75) is 6.54 Å². The lowest BCUT2D eigenvalue weighted by atomic mass is 10.1. The first-order chi connectivity index (χ1) is 13.2. The van der Waals surface area contributed by atoms with E-state index in [1.807, 2.05) is 0 Å². The van der Waals surface area contributed by atoms with Crippen molar-refractivity contribution in [3.63, 3.8) is 0 Å². The molecule has 2 rings (SSSR count). The van der Waals surface area contributed by atoms with E-state index in [0.717, 1.165) is 0 Å². The molecule has 0 bridgehead atoms. The molecule has 5 N–H and O–H groups in total. The zero-order chi connectivity index (χ0) is 20.7. The highest BCUT2D eigenvalue weighted by Crippen LogP contribution is 2.17. The molecular weight excluding hydrogens is 392 g/mol. The van der Waals surface area contributed by atoms with E-state index < -0.39 is 22.1 Å². The maximum atomic E-state index is 12.0. The lowest BCUT2D eigenvalue weighted by Crippen LogP contribution is -2.42. The van der Waals surface area contributed by atoms with Crippen LogP contribution in [0.4, 0.5) is 10.7 Å². The van der Waals surface area contributed by atoms with Gasteiger partial charge < -0.3 is 15.2 Å². The number of aromatic nitrogens is 2. The first-order valence-electron chi connectivity index (χ1n) is 7.67. The molecule has 0 aliphatic heterocycles. The number of carbonyl (C=O) groups excluding carboxylic acids is 2. The molecule has 13 heteroatoms. The number of ether oxygens (including phenoxy) is 2. The summed E-state index contributed by atoms with van der Waals surface area (Å²) >= 11 is 0. The maximum absolute atomic E-state index is 12.0. The van der Waals surface area contributed by atoms with Gasteiger partial charge in [0.15, 0.2) is 0 Å². The second kappa shape index (κ2) is 8.96. The molecule has 1 aromatic heterocycles. The molecule has 0 aliphatic rings. The predicted molar refractivity (Wildman–Crippen MR) is 98.0 cm³/mol. The Hall–Kier alpha value is -3.45. The second-order valence-corrected chi connectivity index (χ2v) is 6.68. The van der Waals surface area contributed by atoms with Gasteiger partial charge in [0.2, 0.25) is 23.6 Å². The Labute approximate surface area is 160 Å². The number of urea groups is 1. The van der Waals surface area contributed by atoms with Crippen molar-refractivity contribution in [3.8, 4) is 11.8 Å². The molecule has 28 heavy (non-hydrogen) atoms. The number of hydrogen-bond acceptors (Lipinski definition) is 8. The number of nitrogens with one attached hydrogen (secondary N) is 3. The number of hydrogen-bond donors (Lipinski definition) is 4. The van der Waals surface area contributed by atoms with Crippen molar-refractivity contribution >= 4 is 28.1 Å². The molecule has 150 valence electrons. The van der Waals surface area contributed by atoms with E-state index >= 15 is 0 Å². The average molecular weight is 410 g/mol. The Morgan fingerprint density at radius 2 is 1.71 bits per heavy atom. The van der Waals surface area contributed by atoms with Crippen LogP contribution in [0.3, 0.4) is 0 Å². The molecule has 0 spiro atoms. The van der Waals surface area contributed by atoms with Gasteiger partial charge in [0.05, 0.1) is 20.3 Å². The number of nitrogens with two attached hydrogens (primary N) is 1. The van der Waals surface area contributed by atoms with Crippen LogP contribution < -0.4 is 30.0 Å². The van der Waals surface area contributed by atoms with E-state index in [-0.39, 0.29) is 29.8 Å². The summed E-state index contributed by atoms with van der Waals surface area (Å²) < 4.78 is 37.8. The number of methoxy groups -OCH3 is 2. The Morgan fingerprint density at radius 1 is 1.11 bits per heavy atom. The van der Waals surface area contributed by atoms with E-state index in [9.17, 15) is 18.0 Å². The summed E-state index contributed by atoms with van der Waals surface area (Å²) in [5.41, 5.74) is 5.75. The van der Waals surface area contributed by atoms with Crippen molar-refractivity contribution in [2.24, 2.45) is 5.73 Å². The first-order valence-corrected chi connectivity index (χ1v) is 9.15. The third-order valence-electron chi connectivity index (χ3n) is 3.29. The van der Waals surface area contributed by atoms with Gasteiger partial charge in [0.25, 0.3) is 0 Å². The molecule has 1 heterocycles. The quantitative estimate of drug-likeness (QED) is 0.460. The number of carbonyl (C=O) groups is 2. The van der Waals surface area contributed by atoms with Crippen LogP contribution in [0.2, 0.25) is 0 Å².